The van der Waals surface area contributed by atoms with Gasteiger partial charge in [0.05, 0.1) is 18.2 Å². The monoisotopic (exact) mass is 301 g/mol. The molecule has 1 atom stereocenters. The zero-order valence-corrected chi connectivity index (χ0v) is 12.2. The number of likely N-dealkylation sites (N-methyl/N-ethyl adjacent to an activating group) is 1. The molecule has 0 bridgehead atoms. The number of hydrogen-bond donors (Lipinski definition) is 1. The molecule has 1 aliphatic carbocycles. The summed E-state index contributed by atoms with van der Waals surface area (Å²) in [6.45, 7) is 1.08. The van der Waals surface area contributed by atoms with Crippen LogP contribution in [0, 0.1) is 5.92 Å². The van der Waals surface area contributed by atoms with E-state index in [4.69, 9.17) is 4.74 Å². The molecule has 1 aromatic rings. The third-order valence-electron chi connectivity index (χ3n) is 4.14. The molecule has 21 heavy (non-hydrogen) atoms. The molecule has 0 amide bonds. The van der Waals surface area contributed by atoms with Crippen molar-refractivity contribution in [1.29, 1.82) is 0 Å². The Balaban J connectivity index is 1.87. The van der Waals surface area contributed by atoms with E-state index in [1.807, 2.05) is 0 Å². The zero-order valence-electron chi connectivity index (χ0n) is 12.2. The number of hydrogen-bond acceptors (Lipinski definition) is 2. The van der Waals surface area contributed by atoms with Gasteiger partial charge in [-0.1, -0.05) is 31.4 Å². The molecule has 2 rings (SSSR count). The number of rotatable bonds is 7. The van der Waals surface area contributed by atoms with Crippen LogP contribution in [0.5, 0.6) is 0 Å². The summed E-state index contributed by atoms with van der Waals surface area (Å²) in [7, 11) is 1.74. The van der Waals surface area contributed by atoms with E-state index < -0.39 is 11.7 Å². The topological polar surface area (TPSA) is 21.3 Å². The van der Waals surface area contributed by atoms with Crippen LogP contribution < -0.4 is 5.32 Å². The molecule has 1 aliphatic rings. The van der Waals surface area contributed by atoms with E-state index in [-0.39, 0.29) is 6.04 Å². The zero-order chi connectivity index (χ0) is 15.3. The van der Waals surface area contributed by atoms with Gasteiger partial charge >= 0.3 is 6.18 Å². The van der Waals surface area contributed by atoms with Crippen LogP contribution in [0.3, 0.4) is 0 Å². The summed E-state index contributed by atoms with van der Waals surface area (Å²) in [6, 6.07) is 5.21. The molecule has 1 unspecified atom stereocenters. The minimum atomic E-state index is -4.31. The Bertz CT molecular complexity index is 443. The number of nitrogens with one attached hydrogen (secondary N) is 1. The van der Waals surface area contributed by atoms with Gasteiger partial charge in [-0.25, -0.2) is 0 Å². The first-order valence-electron chi connectivity index (χ1n) is 7.43. The van der Waals surface area contributed by atoms with Gasteiger partial charge in [-0.3, -0.25) is 0 Å². The van der Waals surface area contributed by atoms with Crippen LogP contribution in [0.1, 0.15) is 42.9 Å². The smallest absolute Gasteiger partial charge is 0.379 e. The molecule has 5 heteroatoms. The van der Waals surface area contributed by atoms with Crippen molar-refractivity contribution in [3.05, 3.63) is 35.4 Å². The lowest BCUT2D eigenvalue weighted by atomic mass is 9.83. The Labute approximate surface area is 123 Å². The highest BCUT2D eigenvalue weighted by atomic mass is 19.4. The fourth-order valence-electron chi connectivity index (χ4n) is 2.51. The molecule has 0 aliphatic heterocycles. The third-order valence-corrected chi connectivity index (χ3v) is 4.14. The van der Waals surface area contributed by atoms with E-state index in [9.17, 15) is 13.2 Å². The lowest BCUT2D eigenvalue weighted by molar-refractivity contribution is -0.137. The summed E-state index contributed by atoms with van der Waals surface area (Å²) in [5.41, 5.74) is -0.00862. The van der Waals surface area contributed by atoms with Crippen LogP contribution in [0.4, 0.5) is 13.2 Å². The summed E-state index contributed by atoms with van der Waals surface area (Å²) in [5.74, 6) is 0.784. The van der Waals surface area contributed by atoms with E-state index in [1.165, 1.54) is 31.4 Å². The van der Waals surface area contributed by atoms with Gasteiger partial charge in [0.15, 0.2) is 0 Å². The first-order chi connectivity index (χ1) is 10.0. The predicted molar refractivity (Wildman–Crippen MR) is 76.0 cm³/mol. The van der Waals surface area contributed by atoms with E-state index >= 15 is 0 Å². The predicted octanol–water partition coefficient (Wildman–Crippen LogP) is 4.17. The normalized spacial score (nSPS) is 17.5. The molecule has 0 heterocycles. The Kier molecular flexibility index (Phi) is 5.65. The SMILES string of the molecule is CNC(COCCC1CCC1)c1cccc(C(F)(F)F)c1. The van der Waals surface area contributed by atoms with E-state index in [2.05, 4.69) is 5.32 Å². The van der Waals surface area contributed by atoms with Crippen molar-refractivity contribution >= 4 is 0 Å². The molecule has 2 nitrogen and oxygen atoms in total. The highest BCUT2D eigenvalue weighted by molar-refractivity contribution is 5.28. The van der Waals surface area contributed by atoms with Gasteiger partial charge < -0.3 is 10.1 Å². The molecule has 1 aromatic carbocycles. The molecule has 0 radical (unpaired) electrons. The van der Waals surface area contributed by atoms with Gasteiger partial charge in [0, 0.05) is 6.61 Å². The second-order valence-electron chi connectivity index (χ2n) is 5.63. The minimum absolute atomic E-state index is 0.214. The fourth-order valence-corrected chi connectivity index (χ4v) is 2.51. The van der Waals surface area contributed by atoms with Crippen molar-refractivity contribution in [1.82, 2.24) is 5.32 Å². The molecular weight excluding hydrogens is 279 g/mol. The number of halogens is 3. The largest absolute Gasteiger partial charge is 0.416 e. The quantitative estimate of drug-likeness (QED) is 0.763. The number of ether oxygens (including phenoxy) is 1. The Morgan fingerprint density at radius 2 is 2.10 bits per heavy atom. The lowest BCUT2D eigenvalue weighted by Gasteiger charge is -2.25. The van der Waals surface area contributed by atoms with Crippen LogP contribution in [0.15, 0.2) is 24.3 Å². The highest BCUT2D eigenvalue weighted by Crippen LogP contribution is 2.31. The van der Waals surface area contributed by atoms with Gasteiger partial charge in [0.25, 0.3) is 0 Å². The second-order valence-corrected chi connectivity index (χ2v) is 5.63. The van der Waals surface area contributed by atoms with Crippen LogP contribution in [0.2, 0.25) is 0 Å². The van der Waals surface area contributed by atoms with Gasteiger partial charge in [-0.15, -0.1) is 0 Å². The second kappa shape index (κ2) is 7.27. The lowest BCUT2D eigenvalue weighted by Crippen LogP contribution is -2.23. The first-order valence-corrected chi connectivity index (χ1v) is 7.43. The van der Waals surface area contributed by atoms with Crippen LogP contribution >= 0.6 is 0 Å². The van der Waals surface area contributed by atoms with Crippen LogP contribution in [0.25, 0.3) is 0 Å². The molecule has 1 saturated carbocycles. The molecular formula is C16H22F3NO. The Hall–Kier alpha value is -1.07. The summed E-state index contributed by atoms with van der Waals surface area (Å²) < 4.78 is 43.8. The maximum Gasteiger partial charge on any atom is 0.416 e. The minimum Gasteiger partial charge on any atom is -0.379 e. The van der Waals surface area contributed by atoms with Crippen molar-refractivity contribution < 1.29 is 17.9 Å². The van der Waals surface area contributed by atoms with E-state index in [1.54, 1.807) is 13.1 Å². The molecule has 1 fully saturated rings. The summed E-state index contributed by atoms with van der Waals surface area (Å²) in [4.78, 5) is 0. The highest BCUT2D eigenvalue weighted by Gasteiger charge is 2.30. The third kappa shape index (κ3) is 4.71. The van der Waals surface area contributed by atoms with Crippen molar-refractivity contribution in [3.63, 3.8) is 0 Å². The standard InChI is InChI=1S/C16H22F3NO/c1-20-15(11-21-9-8-12-4-2-5-12)13-6-3-7-14(10-13)16(17,18)19/h3,6-7,10,12,15,20H,2,4-5,8-9,11H2,1H3. The maximum atomic E-state index is 12.7. The van der Waals surface area contributed by atoms with Crippen molar-refractivity contribution in [2.45, 2.75) is 37.9 Å². The number of benzene rings is 1. The first kappa shape index (κ1) is 16.3. The van der Waals surface area contributed by atoms with Crippen LogP contribution in [-0.4, -0.2) is 20.3 Å². The van der Waals surface area contributed by atoms with E-state index in [0.717, 1.165) is 18.4 Å². The van der Waals surface area contributed by atoms with Gasteiger partial charge in [0.1, 0.15) is 0 Å². The van der Waals surface area contributed by atoms with E-state index in [0.29, 0.717) is 18.8 Å². The van der Waals surface area contributed by atoms with Gasteiger partial charge in [0.2, 0.25) is 0 Å². The van der Waals surface area contributed by atoms with Crippen molar-refractivity contribution in [2.75, 3.05) is 20.3 Å². The Morgan fingerprint density at radius 3 is 2.67 bits per heavy atom. The van der Waals surface area contributed by atoms with Gasteiger partial charge in [-0.05, 0) is 37.1 Å². The average Bonchev–Trinajstić information content (AvgIpc) is 2.40. The summed E-state index contributed by atoms with van der Waals surface area (Å²) in [6.07, 6.45) is 0.630. The van der Waals surface area contributed by atoms with Crippen molar-refractivity contribution in [3.8, 4) is 0 Å². The molecule has 0 spiro atoms. The van der Waals surface area contributed by atoms with Crippen LogP contribution in [-0.2, 0) is 10.9 Å². The molecule has 0 saturated heterocycles. The maximum absolute atomic E-state index is 12.7. The molecule has 118 valence electrons. The van der Waals surface area contributed by atoms with Gasteiger partial charge in [-0.2, -0.15) is 13.2 Å². The van der Waals surface area contributed by atoms with Crippen molar-refractivity contribution in [2.24, 2.45) is 5.92 Å². The average molecular weight is 301 g/mol. The molecule has 1 N–H and O–H groups in total. The molecule has 0 aromatic heterocycles. The number of alkyl halides is 3. The fraction of sp³-hybridized carbons (Fsp3) is 0.625. The summed E-state index contributed by atoms with van der Waals surface area (Å²) >= 11 is 0. The summed E-state index contributed by atoms with van der Waals surface area (Å²) in [5, 5.41) is 3.02. The Morgan fingerprint density at radius 1 is 1.33 bits per heavy atom.